The summed E-state index contributed by atoms with van der Waals surface area (Å²) in [6.07, 6.45) is -1.16. The van der Waals surface area contributed by atoms with Gasteiger partial charge in [-0.3, -0.25) is 9.48 Å². The van der Waals surface area contributed by atoms with E-state index in [-0.39, 0.29) is 12.6 Å². The molecule has 4 N–H and O–H groups in total. The predicted octanol–water partition coefficient (Wildman–Crippen LogP) is -0.466. The van der Waals surface area contributed by atoms with Gasteiger partial charge in [-0.1, -0.05) is 0 Å². The third-order valence-electron chi connectivity index (χ3n) is 2.94. The van der Waals surface area contributed by atoms with Gasteiger partial charge in [0, 0.05) is 30.9 Å². The molecule has 6 heteroatoms. The van der Waals surface area contributed by atoms with Crippen LogP contribution in [0.25, 0.3) is 0 Å². The molecule has 1 aromatic rings. The van der Waals surface area contributed by atoms with Gasteiger partial charge in [-0.2, -0.15) is 5.10 Å². The van der Waals surface area contributed by atoms with Crippen LogP contribution in [-0.2, 0) is 11.8 Å². The maximum atomic E-state index is 10.7. The van der Waals surface area contributed by atoms with Crippen LogP contribution >= 0.6 is 0 Å². The zero-order valence-electron chi connectivity index (χ0n) is 10.7. The van der Waals surface area contributed by atoms with Gasteiger partial charge in [0.15, 0.2) is 0 Å². The summed E-state index contributed by atoms with van der Waals surface area (Å²) < 4.78 is 1.81. The van der Waals surface area contributed by atoms with E-state index < -0.39 is 12.0 Å². The Morgan fingerprint density at radius 2 is 2.18 bits per heavy atom. The summed E-state index contributed by atoms with van der Waals surface area (Å²) in [4.78, 5) is 10.7. The summed E-state index contributed by atoms with van der Waals surface area (Å²) in [6.45, 7) is 6.03. The Morgan fingerprint density at radius 1 is 1.59 bits per heavy atom. The first kappa shape index (κ1) is 13.7. The van der Waals surface area contributed by atoms with Crippen LogP contribution in [-0.4, -0.2) is 33.4 Å². The second kappa shape index (κ2) is 5.29. The van der Waals surface area contributed by atoms with Gasteiger partial charge in [-0.05, 0) is 20.8 Å². The Hall–Kier alpha value is -1.40. The Balaban J connectivity index is 2.70. The number of aliphatic hydroxyl groups is 1. The lowest BCUT2D eigenvalue weighted by atomic mass is 10.1. The summed E-state index contributed by atoms with van der Waals surface area (Å²) in [5.74, 6) is -0.718. The van der Waals surface area contributed by atoms with Crippen molar-refractivity contribution in [1.82, 2.24) is 15.1 Å². The zero-order chi connectivity index (χ0) is 13.2. The van der Waals surface area contributed by atoms with E-state index in [1.807, 2.05) is 32.5 Å². The SMILES string of the molecule is Cc1nn(C)c(C)c1C(C)NCC(O)C(N)=O. The highest BCUT2D eigenvalue weighted by atomic mass is 16.3. The van der Waals surface area contributed by atoms with Crippen molar-refractivity contribution in [3.63, 3.8) is 0 Å². The van der Waals surface area contributed by atoms with E-state index in [9.17, 15) is 9.90 Å². The minimum atomic E-state index is -1.16. The highest BCUT2D eigenvalue weighted by Gasteiger charge is 2.18. The van der Waals surface area contributed by atoms with Crippen LogP contribution in [0.4, 0.5) is 0 Å². The van der Waals surface area contributed by atoms with Crippen LogP contribution in [0.2, 0.25) is 0 Å². The van der Waals surface area contributed by atoms with E-state index in [1.165, 1.54) is 0 Å². The van der Waals surface area contributed by atoms with E-state index in [1.54, 1.807) is 0 Å². The summed E-state index contributed by atoms with van der Waals surface area (Å²) in [5, 5.41) is 16.7. The number of aryl methyl sites for hydroxylation is 2. The van der Waals surface area contributed by atoms with E-state index in [4.69, 9.17) is 5.73 Å². The Labute approximate surface area is 101 Å². The number of aromatic nitrogens is 2. The van der Waals surface area contributed by atoms with Crippen molar-refractivity contribution in [2.45, 2.75) is 32.9 Å². The van der Waals surface area contributed by atoms with Crippen LogP contribution in [0.5, 0.6) is 0 Å². The molecule has 0 aliphatic heterocycles. The van der Waals surface area contributed by atoms with Crippen molar-refractivity contribution in [2.24, 2.45) is 12.8 Å². The van der Waals surface area contributed by atoms with Crippen molar-refractivity contribution in [3.05, 3.63) is 17.0 Å². The third-order valence-corrected chi connectivity index (χ3v) is 2.94. The molecule has 2 atom stereocenters. The van der Waals surface area contributed by atoms with Crippen molar-refractivity contribution >= 4 is 5.91 Å². The molecular weight excluding hydrogens is 220 g/mol. The largest absolute Gasteiger partial charge is 0.382 e. The minimum Gasteiger partial charge on any atom is -0.382 e. The minimum absolute atomic E-state index is 0.0118. The molecule has 0 saturated carbocycles. The number of hydrogen-bond acceptors (Lipinski definition) is 4. The van der Waals surface area contributed by atoms with Gasteiger partial charge in [-0.25, -0.2) is 0 Å². The van der Waals surface area contributed by atoms with Gasteiger partial charge < -0.3 is 16.2 Å². The topological polar surface area (TPSA) is 93.2 Å². The van der Waals surface area contributed by atoms with Gasteiger partial charge in [0.1, 0.15) is 6.10 Å². The number of primary amides is 1. The molecule has 0 spiro atoms. The van der Waals surface area contributed by atoms with Gasteiger partial charge in [-0.15, -0.1) is 0 Å². The average molecular weight is 240 g/mol. The molecule has 0 fully saturated rings. The maximum Gasteiger partial charge on any atom is 0.247 e. The van der Waals surface area contributed by atoms with Crippen molar-refractivity contribution < 1.29 is 9.90 Å². The molecule has 0 aliphatic carbocycles. The van der Waals surface area contributed by atoms with Crippen LogP contribution in [0.1, 0.15) is 29.9 Å². The Kier molecular flexibility index (Phi) is 4.25. The lowest BCUT2D eigenvalue weighted by Gasteiger charge is -2.16. The summed E-state index contributed by atoms with van der Waals surface area (Å²) in [5.41, 5.74) is 8.08. The van der Waals surface area contributed by atoms with Crippen molar-refractivity contribution in [1.29, 1.82) is 0 Å². The molecule has 1 heterocycles. The molecule has 6 nitrogen and oxygen atoms in total. The number of amides is 1. The molecule has 0 aromatic carbocycles. The van der Waals surface area contributed by atoms with Gasteiger partial charge in [0.05, 0.1) is 5.69 Å². The van der Waals surface area contributed by atoms with Crippen molar-refractivity contribution in [2.75, 3.05) is 6.54 Å². The molecule has 1 amide bonds. The maximum absolute atomic E-state index is 10.7. The van der Waals surface area contributed by atoms with Gasteiger partial charge >= 0.3 is 0 Å². The molecule has 1 rings (SSSR count). The zero-order valence-corrected chi connectivity index (χ0v) is 10.7. The lowest BCUT2D eigenvalue weighted by molar-refractivity contribution is -0.125. The normalized spacial score (nSPS) is 14.6. The van der Waals surface area contributed by atoms with E-state index in [0.29, 0.717) is 0 Å². The Morgan fingerprint density at radius 3 is 2.59 bits per heavy atom. The van der Waals surface area contributed by atoms with Crippen LogP contribution < -0.4 is 11.1 Å². The number of hydrogen-bond donors (Lipinski definition) is 3. The molecule has 1 aromatic heterocycles. The monoisotopic (exact) mass is 240 g/mol. The first-order valence-electron chi connectivity index (χ1n) is 5.55. The molecule has 0 radical (unpaired) electrons. The number of nitrogens with zero attached hydrogens (tertiary/aromatic N) is 2. The number of nitrogens with one attached hydrogen (secondary N) is 1. The first-order chi connectivity index (χ1) is 7.84. The molecule has 0 bridgehead atoms. The first-order valence-corrected chi connectivity index (χ1v) is 5.55. The number of nitrogens with two attached hydrogens (primary N) is 1. The highest BCUT2D eigenvalue weighted by molar-refractivity contribution is 5.78. The van der Waals surface area contributed by atoms with Gasteiger partial charge in [0.25, 0.3) is 0 Å². The van der Waals surface area contributed by atoms with Crippen LogP contribution in [0.3, 0.4) is 0 Å². The standard InChI is InChI=1S/C11H20N4O2/c1-6(13-5-9(16)11(12)17)10-7(2)14-15(4)8(10)3/h6,9,13,16H,5H2,1-4H3,(H2,12,17). The quantitative estimate of drug-likeness (QED) is 0.649. The number of rotatable bonds is 5. The van der Waals surface area contributed by atoms with Gasteiger partial charge in [0.2, 0.25) is 5.91 Å². The van der Waals surface area contributed by atoms with E-state index in [2.05, 4.69) is 10.4 Å². The number of aliphatic hydroxyl groups excluding tert-OH is 1. The van der Waals surface area contributed by atoms with Crippen LogP contribution in [0.15, 0.2) is 0 Å². The molecule has 0 saturated heterocycles. The molecule has 96 valence electrons. The fourth-order valence-corrected chi connectivity index (χ4v) is 1.91. The van der Waals surface area contributed by atoms with Crippen molar-refractivity contribution in [3.8, 4) is 0 Å². The molecule has 0 aliphatic rings. The molecular formula is C11H20N4O2. The fourth-order valence-electron chi connectivity index (χ4n) is 1.91. The third kappa shape index (κ3) is 3.04. The second-order valence-corrected chi connectivity index (χ2v) is 4.26. The summed E-state index contributed by atoms with van der Waals surface area (Å²) in [6, 6.07) is 0.0118. The number of carbonyl (C=O) groups excluding carboxylic acids is 1. The smallest absolute Gasteiger partial charge is 0.247 e. The Bertz CT molecular complexity index is 414. The summed E-state index contributed by atoms with van der Waals surface area (Å²) >= 11 is 0. The van der Waals surface area contributed by atoms with Crippen LogP contribution in [0, 0.1) is 13.8 Å². The predicted molar refractivity (Wildman–Crippen MR) is 64.3 cm³/mol. The number of carbonyl (C=O) groups is 1. The highest BCUT2D eigenvalue weighted by Crippen LogP contribution is 2.20. The molecule has 2 unspecified atom stereocenters. The second-order valence-electron chi connectivity index (χ2n) is 4.26. The van der Waals surface area contributed by atoms with E-state index >= 15 is 0 Å². The average Bonchev–Trinajstić information content (AvgIpc) is 2.49. The fraction of sp³-hybridized carbons (Fsp3) is 0.636. The lowest BCUT2D eigenvalue weighted by Crippen LogP contribution is -2.38. The molecule has 17 heavy (non-hydrogen) atoms. The van der Waals surface area contributed by atoms with E-state index in [0.717, 1.165) is 17.0 Å². The summed E-state index contributed by atoms with van der Waals surface area (Å²) in [7, 11) is 1.89.